The predicted octanol–water partition coefficient (Wildman–Crippen LogP) is 2.03. The highest BCUT2D eigenvalue weighted by Crippen LogP contribution is 2.25. The molecule has 112 valence electrons. The highest BCUT2D eigenvalue weighted by Gasteiger charge is 2.15. The van der Waals surface area contributed by atoms with Crippen LogP contribution in [0.3, 0.4) is 0 Å². The second kappa shape index (κ2) is 5.82. The molecule has 0 aromatic carbocycles. The van der Waals surface area contributed by atoms with Crippen molar-refractivity contribution >= 4 is 22.5 Å². The topological polar surface area (TPSA) is 86.7 Å². The van der Waals surface area contributed by atoms with Crippen molar-refractivity contribution in [1.82, 2.24) is 19.5 Å². The van der Waals surface area contributed by atoms with Crippen molar-refractivity contribution in [3.05, 3.63) is 52.4 Å². The van der Waals surface area contributed by atoms with Crippen LogP contribution in [0.25, 0.3) is 22.2 Å². The molecule has 1 unspecified atom stereocenters. The van der Waals surface area contributed by atoms with Gasteiger partial charge in [-0.15, -0.1) is 0 Å². The zero-order valence-electron chi connectivity index (χ0n) is 11.9. The van der Waals surface area contributed by atoms with E-state index in [4.69, 9.17) is 17.3 Å². The van der Waals surface area contributed by atoms with E-state index in [2.05, 4.69) is 15.0 Å². The number of hydrogen-bond acceptors (Lipinski definition) is 5. The van der Waals surface area contributed by atoms with Crippen LogP contribution in [0.1, 0.15) is 13.0 Å². The smallest absolute Gasteiger partial charge is 0.261 e. The molecule has 0 spiro atoms. The maximum absolute atomic E-state index is 12.6. The minimum absolute atomic E-state index is 0.141. The molecule has 22 heavy (non-hydrogen) atoms. The second-order valence-corrected chi connectivity index (χ2v) is 5.36. The highest BCUT2D eigenvalue weighted by atomic mass is 35.5. The first-order chi connectivity index (χ1) is 10.6. The van der Waals surface area contributed by atoms with Crippen LogP contribution in [-0.4, -0.2) is 26.1 Å². The van der Waals surface area contributed by atoms with Gasteiger partial charge in [-0.25, -0.2) is 9.97 Å². The zero-order valence-corrected chi connectivity index (χ0v) is 12.7. The van der Waals surface area contributed by atoms with Crippen LogP contribution in [-0.2, 0) is 0 Å². The first kappa shape index (κ1) is 14.6. The van der Waals surface area contributed by atoms with Gasteiger partial charge in [-0.05, 0) is 25.1 Å². The van der Waals surface area contributed by atoms with E-state index in [-0.39, 0.29) is 16.8 Å². The van der Waals surface area contributed by atoms with Gasteiger partial charge in [-0.3, -0.25) is 14.3 Å². The molecule has 3 aromatic heterocycles. The summed E-state index contributed by atoms with van der Waals surface area (Å²) in [5.74, 6) is 0. The molecule has 0 aliphatic carbocycles. The lowest BCUT2D eigenvalue weighted by atomic mass is 10.1. The number of nitrogens with zero attached hydrogens (tertiary/aromatic N) is 4. The van der Waals surface area contributed by atoms with Crippen molar-refractivity contribution in [2.24, 2.45) is 5.73 Å². The Bertz CT molecular complexity index is 878. The summed E-state index contributed by atoms with van der Waals surface area (Å²) < 4.78 is 1.51. The molecule has 0 saturated carbocycles. The van der Waals surface area contributed by atoms with E-state index in [1.165, 1.54) is 17.0 Å². The van der Waals surface area contributed by atoms with Gasteiger partial charge in [0, 0.05) is 30.5 Å². The number of pyridine rings is 2. The standard InChI is InChI=1S/C15H14ClN5O/c1-9(6-17)21-8-19-14-11(15(21)22)5-12(16)20-13(14)10-3-2-4-18-7-10/h2-5,7-9H,6,17H2,1H3. The minimum atomic E-state index is -0.183. The number of halogens is 1. The van der Waals surface area contributed by atoms with Crippen LogP contribution in [0.15, 0.2) is 41.7 Å². The largest absolute Gasteiger partial charge is 0.328 e. The Morgan fingerprint density at radius 3 is 2.95 bits per heavy atom. The highest BCUT2D eigenvalue weighted by molar-refractivity contribution is 6.30. The fraction of sp³-hybridized carbons (Fsp3) is 0.200. The van der Waals surface area contributed by atoms with E-state index in [0.717, 1.165) is 5.56 Å². The molecular weight excluding hydrogens is 302 g/mol. The van der Waals surface area contributed by atoms with Gasteiger partial charge < -0.3 is 5.73 Å². The summed E-state index contributed by atoms with van der Waals surface area (Å²) in [7, 11) is 0. The zero-order chi connectivity index (χ0) is 15.7. The lowest BCUT2D eigenvalue weighted by molar-refractivity contribution is 0.536. The van der Waals surface area contributed by atoms with Gasteiger partial charge in [0.1, 0.15) is 16.4 Å². The van der Waals surface area contributed by atoms with Crippen LogP contribution >= 0.6 is 11.6 Å². The van der Waals surface area contributed by atoms with E-state index >= 15 is 0 Å². The summed E-state index contributed by atoms with van der Waals surface area (Å²) in [6.45, 7) is 2.21. The van der Waals surface area contributed by atoms with Crippen LogP contribution in [0.2, 0.25) is 5.15 Å². The molecule has 0 saturated heterocycles. The number of fused-ring (bicyclic) bond motifs is 1. The summed E-state index contributed by atoms with van der Waals surface area (Å²) in [5.41, 5.74) is 7.25. The van der Waals surface area contributed by atoms with Gasteiger partial charge >= 0.3 is 0 Å². The summed E-state index contributed by atoms with van der Waals surface area (Å²) in [6.07, 6.45) is 4.82. The normalized spacial score (nSPS) is 12.5. The minimum Gasteiger partial charge on any atom is -0.328 e. The third-order valence-electron chi connectivity index (χ3n) is 3.49. The van der Waals surface area contributed by atoms with E-state index in [0.29, 0.717) is 23.1 Å². The fourth-order valence-electron chi connectivity index (χ4n) is 2.24. The molecule has 0 aliphatic heterocycles. The average Bonchev–Trinajstić information content (AvgIpc) is 2.55. The number of nitrogens with two attached hydrogens (primary N) is 1. The first-order valence-corrected chi connectivity index (χ1v) is 7.17. The molecule has 3 rings (SSSR count). The van der Waals surface area contributed by atoms with Crippen molar-refractivity contribution in [3.8, 4) is 11.3 Å². The Balaban J connectivity index is 2.33. The molecule has 3 aromatic rings. The van der Waals surface area contributed by atoms with Crippen molar-refractivity contribution < 1.29 is 0 Å². The van der Waals surface area contributed by atoms with Crippen molar-refractivity contribution in [3.63, 3.8) is 0 Å². The predicted molar refractivity (Wildman–Crippen MR) is 85.8 cm³/mol. The summed E-state index contributed by atoms with van der Waals surface area (Å²) in [4.78, 5) is 25.4. The van der Waals surface area contributed by atoms with Crippen LogP contribution < -0.4 is 11.3 Å². The second-order valence-electron chi connectivity index (χ2n) is 4.97. The maximum Gasteiger partial charge on any atom is 0.261 e. The fourth-order valence-corrected chi connectivity index (χ4v) is 2.44. The lowest BCUT2D eigenvalue weighted by Gasteiger charge is -2.13. The Hall–Kier alpha value is -2.31. The van der Waals surface area contributed by atoms with Gasteiger partial charge in [0.2, 0.25) is 0 Å². The van der Waals surface area contributed by atoms with Gasteiger partial charge in [-0.2, -0.15) is 0 Å². The third-order valence-corrected chi connectivity index (χ3v) is 3.68. The molecule has 0 aliphatic rings. The van der Waals surface area contributed by atoms with E-state index in [1.54, 1.807) is 18.5 Å². The van der Waals surface area contributed by atoms with Gasteiger partial charge in [0.05, 0.1) is 11.7 Å². The number of aromatic nitrogens is 4. The van der Waals surface area contributed by atoms with Crippen molar-refractivity contribution in [2.45, 2.75) is 13.0 Å². The number of rotatable bonds is 3. The Labute approximate surface area is 131 Å². The number of hydrogen-bond donors (Lipinski definition) is 1. The van der Waals surface area contributed by atoms with Crippen LogP contribution in [0, 0.1) is 0 Å². The van der Waals surface area contributed by atoms with E-state index in [9.17, 15) is 4.79 Å². The van der Waals surface area contributed by atoms with Crippen LogP contribution in [0.5, 0.6) is 0 Å². The molecule has 6 nitrogen and oxygen atoms in total. The van der Waals surface area contributed by atoms with Gasteiger partial charge in [-0.1, -0.05) is 11.6 Å². The summed E-state index contributed by atoms with van der Waals surface area (Å²) in [6, 6.07) is 5.03. The molecule has 7 heteroatoms. The Kier molecular flexibility index (Phi) is 3.87. The monoisotopic (exact) mass is 315 g/mol. The van der Waals surface area contributed by atoms with Gasteiger partial charge in [0.25, 0.3) is 5.56 Å². The molecular formula is C15H14ClN5O. The maximum atomic E-state index is 12.6. The molecule has 0 radical (unpaired) electrons. The Morgan fingerprint density at radius 1 is 1.45 bits per heavy atom. The SMILES string of the molecule is CC(CN)n1cnc2c(-c3cccnc3)nc(Cl)cc2c1=O. The first-order valence-electron chi connectivity index (χ1n) is 6.79. The van der Waals surface area contributed by atoms with Gasteiger partial charge in [0.15, 0.2) is 0 Å². The van der Waals surface area contributed by atoms with Crippen molar-refractivity contribution in [1.29, 1.82) is 0 Å². The van der Waals surface area contributed by atoms with Crippen molar-refractivity contribution in [2.75, 3.05) is 6.54 Å². The average molecular weight is 316 g/mol. The molecule has 0 bridgehead atoms. The summed E-state index contributed by atoms with van der Waals surface area (Å²) in [5, 5.41) is 0.657. The summed E-state index contributed by atoms with van der Waals surface area (Å²) >= 11 is 6.08. The van der Waals surface area contributed by atoms with E-state index in [1.807, 2.05) is 13.0 Å². The van der Waals surface area contributed by atoms with Crippen LogP contribution in [0.4, 0.5) is 0 Å². The third kappa shape index (κ3) is 2.47. The quantitative estimate of drug-likeness (QED) is 0.747. The van der Waals surface area contributed by atoms with E-state index < -0.39 is 0 Å². The molecule has 0 amide bonds. The molecule has 1 atom stereocenters. The lowest BCUT2D eigenvalue weighted by Crippen LogP contribution is -2.28. The molecule has 2 N–H and O–H groups in total. The molecule has 3 heterocycles. The Morgan fingerprint density at radius 2 is 2.27 bits per heavy atom. The molecule has 0 fully saturated rings.